The van der Waals surface area contributed by atoms with Gasteiger partial charge in [-0.25, -0.2) is 8.42 Å². The van der Waals surface area contributed by atoms with E-state index < -0.39 is 10.0 Å². The summed E-state index contributed by atoms with van der Waals surface area (Å²) < 4.78 is 27.5. The fourth-order valence-corrected chi connectivity index (χ4v) is 4.73. The number of hydrogen-bond donors (Lipinski definition) is 1. The maximum atomic E-state index is 13.0. The molecule has 0 amide bonds. The van der Waals surface area contributed by atoms with E-state index in [1.54, 1.807) is 16.4 Å². The van der Waals surface area contributed by atoms with Crippen LogP contribution in [0.25, 0.3) is 0 Å². The molecule has 118 valence electrons. The zero-order valence-electron chi connectivity index (χ0n) is 13.2. The number of anilines is 1. The minimum atomic E-state index is -3.49. The Balaban J connectivity index is 2.41. The van der Waals surface area contributed by atoms with Gasteiger partial charge in [0.25, 0.3) is 0 Å². The Morgan fingerprint density at radius 1 is 1.24 bits per heavy atom. The van der Waals surface area contributed by atoms with Crippen LogP contribution in [0.15, 0.2) is 23.1 Å². The molecule has 6 heteroatoms. The van der Waals surface area contributed by atoms with Crippen molar-refractivity contribution in [3.63, 3.8) is 0 Å². The predicted octanol–water partition coefficient (Wildman–Crippen LogP) is 1.54. The number of hydrogen-bond acceptors (Lipinski definition) is 4. The number of benzene rings is 1. The van der Waals surface area contributed by atoms with Gasteiger partial charge >= 0.3 is 0 Å². The predicted molar refractivity (Wildman–Crippen MR) is 85.7 cm³/mol. The molecule has 0 aliphatic carbocycles. The summed E-state index contributed by atoms with van der Waals surface area (Å²) in [5.74, 6) is 0. The van der Waals surface area contributed by atoms with Gasteiger partial charge in [0.15, 0.2) is 0 Å². The third-order valence-electron chi connectivity index (χ3n) is 4.42. The van der Waals surface area contributed by atoms with Crippen molar-refractivity contribution >= 4 is 15.7 Å². The van der Waals surface area contributed by atoms with Gasteiger partial charge in [-0.15, -0.1) is 0 Å². The van der Waals surface area contributed by atoms with Gasteiger partial charge in [-0.1, -0.05) is 13.0 Å². The van der Waals surface area contributed by atoms with E-state index in [2.05, 4.69) is 18.7 Å². The molecule has 21 heavy (non-hydrogen) atoms. The van der Waals surface area contributed by atoms with Crippen molar-refractivity contribution in [2.24, 2.45) is 0 Å². The van der Waals surface area contributed by atoms with Crippen molar-refractivity contribution in [2.75, 3.05) is 25.9 Å². The minimum absolute atomic E-state index is 0.203. The standard InChI is InChI=1S/C15H25N3O2S/c1-5-13-6-7-14(16)8-15(13)21(19,20)18-9-11(2)17(4)12(3)10-18/h6-8,11-12H,5,9-10,16H2,1-4H3. The Labute approximate surface area is 127 Å². The second-order valence-electron chi connectivity index (χ2n) is 5.91. The second-order valence-corrected chi connectivity index (χ2v) is 7.81. The lowest BCUT2D eigenvalue weighted by Gasteiger charge is -2.41. The summed E-state index contributed by atoms with van der Waals surface area (Å²) in [6.45, 7) is 7.10. The monoisotopic (exact) mass is 311 g/mol. The van der Waals surface area contributed by atoms with Gasteiger partial charge in [-0.2, -0.15) is 4.31 Å². The first-order valence-corrected chi connectivity index (χ1v) is 8.81. The van der Waals surface area contributed by atoms with Crippen LogP contribution >= 0.6 is 0 Å². The molecule has 2 rings (SSSR count). The lowest BCUT2D eigenvalue weighted by atomic mass is 10.1. The van der Waals surface area contributed by atoms with Gasteiger partial charge in [0.1, 0.15) is 0 Å². The Bertz CT molecular complexity index is 603. The molecule has 1 heterocycles. The quantitative estimate of drug-likeness (QED) is 0.860. The normalized spacial score (nSPS) is 25.1. The van der Waals surface area contributed by atoms with E-state index in [-0.39, 0.29) is 12.1 Å². The summed E-state index contributed by atoms with van der Waals surface area (Å²) in [6.07, 6.45) is 0.674. The first kappa shape index (κ1) is 16.3. The summed E-state index contributed by atoms with van der Waals surface area (Å²) in [4.78, 5) is 2.57. The zero-order valence-corrected chi connectivity index (χ0v) is 14.0. The van der Waals surface area contributed by atoms with E-state index in [1.807, 2.05) is 20.0 Å². The summed E-state index contributed by atoms with van der Waals surface area (Å²) in [5, 5.41) is 0. The van der Waals surface area contributed by atoms with Crippen LogP contribution in [0.1, 0.15) is 26.3 Å². The van der Waals surface area contributed by atoms with Crippen LogP contribution in [0.4, 0.5) is 5.69 Å². The SMILES string of the molecule is CCc1ccc(N)cc1S(=O)(=O)N1CC(C)N(C)C(C)C1. The number of rotatable bonds is 3. The molecule has 1 fully saturated rings. The van der Waals surface area contributed by atoms with Crippen LogP contribution in [0.2, 0.25) is 0 Å². The number of sulfonamides is 1. The molecule has 1 saturated heterocycles. The molecule has 0 bridgehead atoms. The summed E-state index contributed by atoms with van der Waals surface area (Å²) in [6, 6.07) is 5.56. The van der Waals surface area contributed by atoms with Crippen molar-refractivity contribution in [1.29, 1.82) is 0 Å². The number of aryl methyl sites for hydroxylation is 1. The maximum absolute atomic E-state index is 13.0. The third kappa shape index (κ3) is 3.07. The molecule has 0 aromatic heterocycles. The number of likely N-dealkylation sites (N-methyl/N-ethyl adjacent to an activating group) is 1. The molecule has 5 nitrogen and oxygen atoms in total. The largest absolute Gasteiger partial charge is 0.399 e. The molecular weight excluding hydrogens is 286 g/mol. The highest BCUT2D eigenvalue weighted by molar-refractivity contribution is 7.89. The lowest BCUT2D eigenvalue weighted by Crippen LogP contribution is -2.56. The van der Waals surface area contributed by atoms with Crippen molar-refractivity contribution in [3.05, 3.63) is 23.8 Å². The van der Waals surface area contributed by atoms with Crippen LogP contribution in [-0.4, -0.2) is 49.8 Å². The molecular formula is C15H25N3O2S. The number of nitrogens with two attached hydrogens (primary N) is 1. The molecule has 0 saturated carbocycles. The Kier molecular flexibility index (Phi) is 4.60. The molecule has 1 aliphatic heterocycles. The highest BCUT2D eigenvalue weighted by Crippen LogP contribution is 2.26. The Morgan fingerprint density at radius 3 is 2.33 bits per heavy atom. The third-order valence-corrected chi connectivity index (χ3v) is 6.33. The molecule has 2 unspecified atom stereocenters. The number of nitrogens with zero attached hydrogens (tertiary/aromatic N) is 2. The van der Waals surface area contributed by atoms with Crippen LogP contribution in [0, 0.1) is 0 Å². The average Bonchev–Trinajstić information content (AvgIpc) is 2.44. The van der Waals surface area contributed by atoms with E-state index in [0.29, 0.717) is 30.1 Å². The molecule has 1 aromatic carbocycles. The fraction of sp³-hybridized carbons (Fsp3) is 0.600. The second kappa shape index (κ2) is 5.94. The van der Waals surface area contributed by atoms with Crippen LogP contribution in [0.5, 0.6) is 0 Å². The van der Waals surface area contributed by atoms with Crippen molar-refractivity contribution < 1.29 is 8.42 Å². The first-order valence-electron chi connectivity index (χ1n) is 7.37. The van der Waals surface area contributed by atoms with Gasteiger partial charge in [0.2, 0.25) is 10.0 Å². The Hall–Kier alpha value is -1.11. The molecule has 0 spiro atoms. The highest BCUT2D eigenvalue weighted by Gasteiger charge is 2.35. The number of nitrogen functional groups attached to an aromatic ring is 1. The van der Waals surface area contributed by atoms with E-state index >= 15 is 0 Å². The lowest BCUT2D eigenvalue weighted by molar-refractivity contribution is 0.105. The van der Waals surface area contributed by atoms with E-state index in [0.717, 1.165) is 5.56 Å². The van der Waals surface area contributed by atoms with Crippen LogP contribution in [0.3, 0.4) is 0 Å². The van der Waals surface area contributed by atoms with Crippen LogP contribution in [-0.2, 0) is 16.4 Å². The molecule has 1 aliphatic rings. The average molecular weight is 311 g/mol. The van der Waals surface area contributed by atoms with Gasteiger partial charge < -0.3 is 5.73 Å². The summed E-state index contributed by atoms with van der Waals surface area (Å²) >= 11 is 0. The summed E-state index contributed by atoms with van der Waals surface area (Å²) in [7, 11) is -1.45. The topological polar surface area (TPSA) is 66.6 Å². The first-order chi connectivity index (χ1) is 9.77. The molecule has 2 atom stereocenters. The van der Waals surface area contributed by atoms with Gasteiger partial charge in [0.05, 0.1) is 4.90 Å². The van der Waals surface area contributed by atoms with Crippen molar-refractivity contribution in [2.45, 2.75) is 44.2 Å². The van der Waals surface area contributed by atoms with E-state index in [9.17, 15) is 8.42 Å². The smallest absolute Gasteiger partial charge is 0.243 e. The van der Waals surface area contributed by atoms with Crippen molar-refractivity contribution in [3.8, 4) is 0 Å². The van der Waals surface area contributed by atoms with Crippen molar-refractivity contribution in [1.82, 2.24) is 9.21 Å². The minimum Gasteiger partial charge on any atom is -0.399 e. The molecule has 2 N–H and O–H groups in total. The van der Waals surface area contributed by atoms with Gasteiger partial charge in [0, 0.05) is 30.9 Å². The summed E-state index contributed by atoms with van der Waals surface area (Å²) in [5.41, 5.74) is 7.10. The van der Waals surface area contributed by atoms with E-state index in [1.165, 1.54) is 0 Å². The molecule has 0 radical (unpaired) electrons. The van der Waals surface area contributed by atoms with Gasteiger partial charge in [-0.3, -0.25) is 4.90 Å². The maximum Gasteiger partial charge on any atom is 0.243 e. The zero-order chi connectivity index (χ0) is 15.8. The van der Waals surface area contributed by atoms with E-state index in [4.69, 9.17) is 5.73 Å². The van der Waals surface area contributed by atoms with Gasteiger partial charge in [-0.05, 0) is 45.0 Å². The fourth-order valence-electron chi connectivity index (χ4n) is 2.79. The highest BCUT2D eigenvalue weighted by atomic mass is 32.2. The number of piperazine rings is 1. The van der Waals surface area contributed by atoms with Crippen LogP contribution < -0.4 is 5.73 Å². The Morgan fingerprint density at radius 2 is 1.81 bits per heavy atom. The molecule has 1 aromatic rings.